The molecule has 0 saturated carbocycles. The lowest BCUT2D eigenvalue weighted by Crippen LogP contribution is -2.29. The van der Waals surface area contributed by atoms with Crippen molar-refractivity contribution in [2.75, 3.05) is 36.8 Å². The minimum atomic E-state index is -0.118. The van der Waals surface area contributed by atoms with Gasteiger partial charge in [-0.3, -0.25) is 9.59 Å². The summed E-state index contributed by atoms with van der Waals surface area (Å²) in [4.78, 5) is 32.9. The van der Waals surface area contributed by atoms with E-state index in [1.54, 1.807) is 18.2 Å². The summed E-state index contributed by atoms with van der Waals surface area (Å²) in [6.45, 7) is 7.26. The van der Waals surface area contributed by atoms with Crippen molar-refractivity contribution < 1.29 is 9.59 Å². The minimum Gasteiger partial charge on any atom is -0.368 e. The van der Waals surface area contributed by atoms with Crippen LogP contribution in [0.15, 0.2) is 48.5 Å². The first-order valence-corrected chi connectivity index (χ1v) is 11.4. The maximum absolute atomic E-state index is 12.4. The molecule has 1 heterocycles. The fourth-order valence-electron chi connectivity index (χ4n) is 3.25. The molecule has 0 fully saturated rings. The average Bonchev–Trinajstić information content (AvgIpc) is 2.81. The lowest BCUT2D eigenvalue weighted by molar-refractivity contribution is -0.118. The molecular weight excluding hydrogens is 452 g/mol. The molecule has 0 aliphatic heterocycles. The van der Waals surface area contributed by atoms with Crippen molar-refractivity contribution in [3.05, 3.63) is 70.2 Å². The molecule has 178 valence electrons. The molecule has 3 rings (SSSR count). The summed E-state index contributed by atoms with van der Waals surface area (Å²) in [5.41, 5.74) is 3.33. The SMILES string of the molecule is CC(=O)NCCNc1nc(-c2ccc(Cl)cc2)nc(NCCNC(=O)c2cccc(C)c2)c1C. The molecule has 0 atom stereocenters. The van der Waals surface area contributed by atoms with Crippen molar-refractivity contribution in [2.45, 2.75) is 20.8 Å². The van der Waals surface area contributed by atoms with E-state index in [0.717, 1.165) is 16.7 Å². The number of hydrogen-bond acceptors (Lipinski definition) is 6. The largest absolute Gasteiger partial charge is 0.368 e. The van der Waals surface area contributed by atoms with Crippen LogP contribution in [0.4, 0.5) is 11.6 Å². The number of amides is 2. The standard InChI is InChI=1S/C25H29ClN6O2/c1-16-5-4-6-20(15-16)25(34)30-14-13-29-23-17(2)22(28-12-11-27-18(3)33)31-24(32-23)19-7-9-21(26)10-8-19/h4-10,15H,11-14H2,1-3H3,(H,27,33)(H,30,34)(H2,28,29,31,32). The highest BCUT2D eigenvalue weighted by Gasteiger charge is 2.13. The first-order valence-electron chi connectivity index (χ1n) is 11.0. The molecular formula is C25H29ClN6O2. The number of nitrogens with one attached hydrogen (secondary N) is 4. The molecule has 3 aromatic rings. The monoisotopic (exact) mass is 480 g/mol. The highest BCUT2D eigenvalue weighted by molar-refractivity contribution is 6.30. The van der Waals surface area contributed by atoms with Gasteiger partial charge >= 0.3 is 0 Å². The normalized spacial score (nSPS) is 10.5. The smallest absolute Gasteiger partial charge is 0.251 e. The number of aryl methyl sites for hydroxylation is 1. The van der Waals surface area contributed by atoms with Crippen LogP contribution in [0.1, 0.15) is 28.4 Å². The number of carbonyl (C=O) groups excluding carboxylic acids is 2. The van der Waals surface area contributed by atoms with Gasteiger partial charge in [0, 0.05) is 54.8 Å². The molecule has 4 N–H and O–H groups in total. The van der Waals surface area contributed by atoms with Crippen molar-refractivity contribution in [3.63, 3.8) is 0 Å². The van der Waals surface area contributed by atoms with Crippen molar-refractivity contribution >= 4 is 35.1 Å². The molecule has 2 aromatic carbocycles. The average molecular weight is 481 g/mol. The molecule has 0 spiro atoms. The highest BCUT2D eigenvalue weighted by atomic mass is 35.5. The van der Waals surface area contributed by atoms with Crippen LogP contribution in [-0.2, 0) is 4.79 Å². The van der Waals surface area contributed by atoms with Gasteiger partial charge in [-0.15, -0.1) is 0 Å². The third kappa shape index (κ3) is 7.18. The van der Waals surface area contributed by atoms with Crippen LogP contribution in [0.3, 0.4) is 0 Å². The maximum Gasteiger partial charge on any atom is 0.251 e. The molecule has 0 aliphatic rings. The van der Waals surface area contributed by atoms with Crippen molar-refractivity contribution in [1.29, 1.82) is 0 Å². The first kappa shape index (κ1) is 25.0. The van der Waals surface area contributed by atoms with Crippen LogP contribution in [0.5, 0.6) is 0 Å². The summed E-state index contributed by atoms with van der Waals surface area (Å²) in [6.07, 6.45) is 0. The van der Waals surface area contributed by atoms with E-state index in [1.165, 1.54) is 6.92 Å². The van der Waals surface area contributed by atoms with E-state index < -0.39 is 0 Å². The Bertz CT molecular complexity index is 1150. The number of aromatic nitrogens is 2. The van der Waals surface area contributed by atoms with Crippen LogP contribution in [0.2, 0.25) is 5.02 Å². The lowest BCUT2D eigenvalue weighted by atomic mass is 10.1. The van der Waals surface area contributed by atoms with Gasteiger partial charge in [-0.2, -0.15) is 0 Å². The Kier molecular flexibility index (Phi) is 8.81. The summed E-state index contributed by atoms with van der Waals surface area (Å²) < 4.78 is 0. The third-order valence-corrected chi connectivity index (χ3v) is 5.27. The molecule has 0 aliphatic carbocycles. The maximum atomic E-state index is 12.4. The van der Waals surface area contributed by atoms with Crippen LogP contribution >= 0.6 is 11.6 Å². The van der Waals surface area contributed by atoms with E-state index in [4.69, 9.17) is 11.6 Å². The van der Waals surface area contributed by atoms with Gasteiger partial charge in [-0.25, -0.2) is 9.97 Å². The second-order valence-electron chi connectivity index (χ2n) is 7.84. The van der Waals surface area contributed by atoms with Crippen LogP contribution in [0.25, 0.3) is 11.4 Å². The number of anilines is 2. The molecule has 9 heteroatoms. The minimum absolute atomic E-state index is 0.0851. The Morgan fingerprint density at radius 1 is 0.853 bits per heavy atom. The molecule has 2 amide bonds. The summed E-state index contributed by atoms with van der Waals surface area (Å²) >= 11 is 6.03. The summed E-state index contributed by atoms with van der Waals surface area (Å²) in [7, 11) is 0. The highest BCUT2D eigenvalue weighted by Crippen LogP contribution is 2.26. The number of rotatable bonds is 10. The number of halogens is 1. The Hall–Kier alpha value is -3.65. The van der Waals surface area contributed by atoms with Gasteiger partial charge in [0.1, 0.15) is 11.6 Å². The molecule has 34 heavy (non-hydrogen) atoms. The van der Waals surface area contributed by atoms with E-state index in [0.29, 0.717) is 54.2 Å². The van der Waals surface area contributed by atoms with E-state index >= 15 is 0 Å². The number of hydrogen-bond donors (Lipinski definition) is 4. The quantitative estimate of drug-likeness (QED) is 0.329. The number of benzene rings is 2. The first-order chi connectivity index (χ1) is 16.3. The van der Waals surface area contributed by atoms with E-state index in [1.807, 2.05) is 44.2 Å². The van der Waals surface area contributed by atoms with Gasteiger partial charge in [0.25, 0.3) is 5.91 Å². The van der Waals surface area contributed by atoms with Crippen LogP contribution < -0.4 is 21.3 Å². The van der Waals surface area contributed by atoms with Gasteiger partial charge in [0.15, 0.2) is 5.82 Å². The van der Waals surface area contributed by atoms with Crippen molar-refractivity contribution in [2.24, 2.45) is 0 Å². The van der Waals surface area contributed by atoms with Gasteiger partial charge < -0.3 is 21.3 Å². The van der Waals surface area contributed by atoms with E-state index in [9.17, 15) is 9.59 Å². The molecule has 0 radical (unpaired) electrons. The zero-order valence-electron chi connectivity index (χ0n) is 19.5. The topological polar surface area (TPSA) is 108 Å². The summed E-state index contributed by atoms with van der Waals surface area (Å²) in [5, 5.41) is 12.9. The molecule has 1 aromatic heterocycles. The van der Waals surface area contributed by atoms with Crippen LogP contribution in [0, 0.1) is 13.8 Å². The molecule has 0 bridgehead atoms. The number of nitrogens with zero attached hydrogens (tertiary/aromatic N) is 2. The van der Waals surface area contributed by atoms with Gasteiger partial charge in [0.05, 0.1) is 0 Å². The van der Waals surface area contributed by atoms with Crippen molar-refractivity contribution in [3.8, 4) is 11.4 Å². The van der Waals surface area contributed by atoms with Crippen LogP contribution in [-0.4, -0.2) is 48.0 Å². The lowest BCUT2D eigenvalue weighted by Gasteiger charge is -2.16. The second kappa shape index (κ2) is 12.0. The third-order valence-electron chi connectivity index (χ3n) is 5.02. The zero-order valence-corrected chi connectivity index (χ0v) is 20.3. The fourth-order valence-corrected chi connectivity index (χ4v) is 3.38. The van der Waals surface area contributed by atoms with E-state index in [-0.39, 0.29) is 11.8 Å². The van der Waals surface area contributed by atoms with Crippen molar-refractivity contribution in [1.82, 2.24) is 20.6 Å². The zero-order chi connectivity index (χ0) is 24.5. The second-order valence-corrected chi connectivity index (χ2v) is 8.27. The summed E-state index contributed by atoms with van der Waals surface area (Å²) in [6, 6.07) is 14.8. The fraction of sp³-hybridized carbons (Fsp3) is 0.280. The van der Waals surface area contributed by atoms with E-state index in [2.05, 4.69) is 31.2 Å². The number of carbonyl (C=O) groups is 2. The van der Waals surface area contributed by atoms with Gasteiger partial charge in [-0.1, -0.05) is 29.3 Å². The summed E-state index contributed by atoms with van der Waals surface area (Å²) in [5.74, 6) is 1.66. The Morgan fingerprint density at radius 3 is 2.06 bits per heavy atom. The Morgan fingerprint density at radius 2 is 1.47 bits per heavy atom. The molecule has 0 unspecified atom stereocenters. The Labute approximate surface area is 204 Å². The predicted molar refractivity (Wildman–Crippen MR) is 136 cm³/mol. The molecule has 0 saturated heterocycles. The Balaban J connectivity index is 1.70. The molecule has 8 nitrogen and oxygen atoms in total. The predicted octanol–water partition coefficient (Wildman–Crippen LogP) is 3.80. The van der Waals surface area contributed by atoms with Gasteiger partial charge in [0.2, 0.25) is 5.91 Å². The van der Waals surface area contributed by atoms with Gasteiger partial charge in [-0.05, 0) is 50.2 Å².